The molecular formula is C19H23NO4. The van der Waals surface area contributed by atoms with Crippen LogP contribution in [0.4, 0.5) is 4.79 Å². The first-order valence-corrected chi connectivity index (χ1v) is 7.90. The lowest BCUT2D eigenvalue weighted by atomic mass is 10.1. The van der Waals surface area contributed by atoms with Crippen molar-refractivity contribution in [3.05, 3.63) is 59.7 Å². The van der Waals surface area contributed by atoms with Gasteiger partial charge in [0.1, 0.15) is 18.1 Å². The second-order valence-electron chi connectivity index (χ2n) is 5.33. The number of hydrogen-bond acceptors (Lipinski definition) is 4. The molecule has 0 fully saturated rings. The van der Waals surface area contributed by atoms with Crippen molar-refractivity contribution in [1.82, 2.24) is 5.32 Å². The van der Waals surface area contributed by atoms with Crippen LogP contribution < -0.4 is 14.8 Å². The van der Waals surface area contributed by atoms with Crippen LogP contribution in [0.15, 0.2) is 48.5 Å². The van der Waals surface area contributed by atoms with Crippen LogP contribution in [0, 0.1) is 6.92 Å². The first-order chi connectivity index (χ1) is 11.7. The van der Waals surface area contributed by atoms with Crippen molar-refractivity contribution in [2.75, 3.05) is 26.9 Å². The van der Waals surface area contributed by atoms with Gasteiger partial charge in [-0.2, -0.15) is 0 Å². The number of aryl methyl sites for hydroxylation is 1. The van der Waals surface area contributed by atoms with E-state index >= 15 is 0 Å². The summed E-state index contributed by atoms with van der Waals surface area (Å²) in [7, 11) is 1.62. The van der Waals surface area contributed by atoms with Crippen molar-refractivity contribution in [3.8, 4) is 11.5 Å². The van der Waals surface area contributed by atoms with E-state index in [0.29, 0.717) is 26.2 Å². The fraction of sp³-hybridized carbons (Fsp3) is 0.316. The summed E-state index contributed by atoms with van der Waals surface area (Å²) in [5, 5.41) is 2.66. The van der Waals surface area contributed by atoms with Gasteiger partial charge in [0.05, 0.1) is 20.3 Å². The van der Waals surface area contributed by atoms with Gasteiger partial charge in [-0.1, -0.05) is 29.8 Å². The molecule has 0 aliphatic rings. The van der Waals surface area contributed by atoms with Crippen LogP contribution in [0.3, 0.4) is 0 Å². The summed E-state index contributed by atoms with van der Waals surface area (Å²) in [5.74, 6) is 1.50. The van der Waals surface area contributed by atoms with E-state index in [-0.39, 0.29) is 0 Å². The molecule has 0 spiro atoms. The molecule has 0 heterocycles. The number of hydrogen-bond donors (Lipinski definition) is 1. The second kappa shape index (κ2) is 9.45. The Morgan fingerprint density at radius 3 is 2.50 bits per heavy atom. The van der Waals surface area contributed by atoms with Crippen LogP contribution in [0.5, 0.6) is 11.5 Å². The number of nitrogens with one attached hydrogen (secondary N) is 1. The number of amides is 1. The van der Waals surface area contributed by atoms with Gasteiger partial charge in [-0.3, -0.25) is 0 Å². The Balaban J connectivity index is 1.57. The zero-order chi connectivity index (χ0) is 17.2. The third kappa shape index (κ3) is 6.20. The lowest BCUT2D eigenvalue weighted by molar-refractivity contribution is 0.145. The van der Waals surface area contributed by atoms with E-state index in [0.717, 1.165) is 17.1 Å². The highest BCUT2D eigenvalue weighted by Gasteiger charge is 2.02. The fourth-order valence-corrected chi connectivity index (χ4v) is 2.17. The van der Waals surface area contributed by atoms with Gasteiger partial charge in [0.15, 0.2) is 0 Å². The van der Waals surface area contributed by atoms with Gasteiger partial charge in [0, 0.05) is 6.42 Å². The first-order valence-electron chi connectivity index (χ1n) is 7.90. The van der Waals surface area contributed by atoms with Gasteiger partial charge in [0.25, 0.3) is 0 Å². The molecule has 2 aromatic rings. The Bertz CT molecular complexity index is 640. The Hall–Kier alpha value is -2.69. The molecule has 0 radical (unpaired) electrons. The second-order valence-corrected chi connectivity index (χ2v) is 5.33. The van der Waals surface area contributed by atoms with Crippen molar-refractivity contribution in [3.63, 3.8) is 0 Å². The molecule has 0 aromatic heterocycles. The summed E-state index contributed by atoms with van der Waals surface area (Å²) in [6, 6.07) is 15.4. The van der Waals surface area contributed by atoms with Gasteiger partial charge >= 0.3 is 6.09 Å². The van der Waals surface area contributed by atoms with Gasteiger partial charge in [-0.05, 0) is 36.8 Å². The van der Waals surface area contributed by atoms with Crippen LogP contribution in [0.2, 0.25) is 0 Å². The molecule has 0 atom stereocenters. The highest BCUT2D eigenvalue weighted by atomic mass is 16.5. The van der Waals surface area contributed by atoms with Crippen molar-refractivity contribution in [2.24, 2.45) is 0 Å². The molecule has 0 bridgehead atoms. The summed E-state index contributed by atoms with van der Waals surface area (Å²) >= 11 is 0. The number of alkyl carbamates (subject to hydrolysis) is 1. The third-order valence-electron chi connectivity index (χ3n) is 3.41. The number of methoxy groups -OCH3 is 1. The summed E-state index contributed by atoms with van der Waals surface area (Å²) in [5.41, 5.74) is 2.36. The van der Waals surface area contributed by atoms with Crippen molar-refractivity contribution >= 4 is 6.09 Å². The Kier molecular flexibility index (Phi) is 6.95. The van der Waals surface area contributed by atoms with Gasteiger partial charge in [-0.15, -0.1) is 0 Å². The SMILES string of the molecule is COc1ccc(OCCNC(=O)OCCc2cccc(C)c2)cc1. The normalized spacial score (nSPS) is 10.1. The lowest BCUT2D eigenvalue weighted by Crippen LogP contribution is -2.29. The molecule has 128 valence electrons. The molecule has 2 rings (SSSR count). The molecule has 0 unspecified atom stereocenters. The number of benzene rings is 2. The van der Waals surface area contributed by atoms with Crippen molar-refractivity contribution in [2.45, 2.75) is 13.3 Å². The van der Waals surface area contributed by atoms with Gasteiger partial charge in [-0.25, -0.2) is 4.79 Å². The van der Waals surface area contributed by atoms with Crippen LogP contribution in [-0.2, 0) is 11.2 Å². The standard InChI is InChI=1S/C19H23NO4/c1-15-4-3-5-16(14-15)10-12-24-19(21)20-11-13-23-18-8-6-17(22-2)7-9-18/h3-9,14H,10-13H2,1-2H3,(H,20,21). The lowest BCUT2D eigenvalue weighted by Gasteiger charge is -2.09. The number of carbonyl (C=O) groups is 1. The molecule has 2 aromatic carbocycles. The first kappa shape index (κ1) is 17.7. The van der Waals surface area contributed by atoms with E-state index in [1.165, 1.54) is 5.56 Å². The minimum absolute atomic E-state index is 0.356. The van der Waals surface area contributed by atoms with E-state index in [1.807, 2.05) is 49.4 Å². The smallest absolute Gasteiger partial charge is 0.407 e. The van der Waals surface area contributed by atoms with E-state index in [2.05, 4.69) is 11.4 Å². The molecule has 24 heavy (non-hydrogen) atoms. The van der Waals surface area contributed by atoms with Crippen LogP contribution in [0.1, 0.15) is 11.1 Å². The topological polar surface area (TPSA) is 56.8 Å². The average molecular weight is 329 g/mol. The largest absolute Gasteiger partial charge is 0.497 e. The Labute approximate surface area is 142 Å². The van der Waals surface area contributed by atoms with Gasteiger partial charge < -0.3 is 19.5 Å². The van der Waals surface area contributed by atoms with E-state index < -0.39 is 6.09 Å². The minimum atomic E-state index is -0.430. The predicted octanol–water partition coefficient (Wildman–Crippen LogP) is 3.35. The van der Waals surface area contributed by atoms with Crippen LogP contribution in [-0.4, -0.2) is 33.0 Å². The molecule has 0 aliphatic heterocycles. The number of rotatable bonds is 8. The van der Waals surface area contributed by atoms with Crippen LogP contribution in [0.25, 0.3) is 0 Å². The van der Waals surface area contributed by atoms with Crippen molar-refractivity contribution < 1.29 is 19.0 Å². The fourth-order valence-electron chi connectivity index (χ4n) is 2.17. The summed E-state index contributed by atoms with van der Waals surface area (Å²) < 4.78 is 15.7. The maximum absolute atomic E-state index is 11.6. The highest BCUT2D eigenvalue weighted by molar-refractivity contribution is 5.67. The zero-order valence-electron chi connectivity index (χ0n) is 14.1. The number of ether oxygens (including phenoxy) is 3. The van der Waals surface area contributed by atoms with Crippen molar-refractivity contribution in [1.29, 1.82) is 0 Å². The molecule has 5 nitrogen and oxygen atoms in total. The summed E-state index contributed by atoms with van der Waals surface area (Å²) in [6.07, 6.45) is 0.276. The molecular weight excluding hydrogens is 306 g/mol. The van der Waals surface area contributed by atoms with Gasteiger partial charge in [0.2, 0.25) is 0 Å². The molecule has 0 saturated carbocycles. The molecule has 0 saturated heterocycles. The van der Waals surface area contributed by atoms with E-state index in [4.69, 9.17) is 14.2 Å². The monoisotopic (exact) mass is 329 g/mol. The molecule has 1 N–H and O–H groups in total. The Morgan fingerprint density at radius 2 is 1.79 bits per heavy atom. The zero-order valence-corrected chi connectivity index (χ0v) is 14.1. The summed E-state index contributed by atoms with van der Waals surface area (Å²) in [6.45, 7) is 3.16. The van der Waals surface area contributed by atoms with E-state index in [9.17, 15) is 4.79 Å². The minimum Gasteiger partial charge on any atom is -0.497 e. The highest BCUT2D eigenvalue weighted by Crippen LogP contribution is 2.16. The van der Waals surface area contributed by atoms with Crippen LogP contribution >= 0.6 is 0 Å². The third-order valence-corrected chi connectivity index (χ3v) is 3.41. The quantitative estimate of drug-likeness (QED) is 0.755. The maximum atomic E-state index is 11.6. The summed E-state index contributed by atoms with van der Waals surface area (Å²) in [4.78, 5) is 11.6. The maximum Gasteiger partial charge on any atom is 0.407 e. The number of carbonyl (C=O) groups excluding carboxylic acids is 1. The molecule has 0 aliphatic carbocycles. The Morgan fingerprint density at radius 1 is 1.04 bits per heavy atom. The molecule has 1 amide bonds. The van der Waals surface area contributed by atoms with E-state index in [1.54, 1.807) is 7.11 Å². The molecule has 5 heteroatoms. The average Bonchev–Trinajstić information content (AvgIpc) is 2.59. The predicted molar refractivity (Wildman–Crippen MR) is 92.7 cm³/mol.